The van der Waals surface area contributed by atoms with Gasteiger partial charge in [-0.15, -0.1) is 0 Å². The first-order valence-corrected chi connectivity index (χ1v) is 9.40. The quantitative estimate of drug-likeness (QED) is 0.510. The van der Waals surface area contributed by atoms with Crippen LogP contribution >= 0.6 is 0 Å². The molecule has 0 aliphatic carbocycles. The lowest BCUT2D eigenvalue weighted by Crippen LogP contribution is -2.29. The summed E-state index contributed by atoms with van der Waals surface area (Å²) >= 11 is 0. The minimum atomic E-state index is -0.0789. The molecule has 4 rings (SSSR count). The number of benzene rings is 2. The molecule has 29 heavy (non-hydrogen) atoms. The van der Waals surface area contributed by atoms with E-state index in [0.717, 1.165) is 16.8 Å². The third kappa shape index (κ3) is 4.08. The highest BCUT2D eigenvalue weighted by atomic mass is 16.2. The van der Waals surface area contributed by atoms with Crippen molar-refractivity contribution >= 4 is 5.91 Å². The van der Waals surface area contributed by atoms with Crippen LogP contribution in [0.25, 0.3) is 5.69 Å². The van der Waals surface area contributed by atoms with Gasteiger partial charge in [0.25, 0.3) is 5.91 Å². The predicted octanol–water partition coefficient (Wildman–Crippen LogP) is 3.35. The summed E-state index contributed by atoms with van der Waals surface area (Å²) in [6.45, 7) is 2.65. The molecule has 0 saturated heterocycles. The summed E-state index contributed by atoms with van der Waals surface area (Å²) in [5.74, 6) is -0.0582. The monoisotopic (exact) mass is 386 g/mol. The van der Waals surface area contributed by atoms with E-state index in [9.17, 15) is 4.79 Å². The second-order valence-corrected chi connectivity index (χ2v) is 6.94. The molecule has 0 bridgehead atoms. The molecule has 4 aromatic rings. The largest absolute Gasteiger partial charge is 0.335 e. The topological polar surface area (TPSA) is 68.8 Å². The lowest BCUT2D eigenvalue weighted by molar-refractivity contribution is 0.0742. The summed E-state index contributed by atoms with van der Waals surface area (Å²) in [5, 5.41) is 8.47. The lowest BCUT2D eigenvalue weighted by atomic mass is 10.1. The van der Waals surface area contributed by atoms with E-state index in [2.05, 4.69) is 15.2 Å². The van der Waals surface area contributed by atoms with Crippen molar-refractivity contribution in [2.75, 3.05) is 7.05 Å². The maximum atomic E-state index is 12.9. The SMILES string of the molecule is CC(c1ccc(-n2cncn2)cc1)N(C)C(=O)c1cnn(Cc2ccccc2)c1. The molecule has 0 spiro atoms. The van der Waals surface area contributed by atoms with Crippen molar-refractivity contribution in [3.05, 3.63) is 96.3 Å². The Kier molecular flexibility index (Phi) is 5.20. The number of amides is 1. The Morgan fingerprint density at radius 3 is 2.52 bits per heavy atom. The Labute approximate surface area is 169 Å². The fourth-order valence-corrected chi connectivity index (χ4v) is 3.18. The van der Waals surface area contributed by atoms with Crippen LogP contribution in [0.1, 0.15) is 34.5 Å². The highest BCUT2D eigenvalue weighted by molar-refractivity contribution is 5.93. The van der Waals surface area contributed by atoms with Gasteiger partial charge in [-0.2, -0.15) is 10.2 Å². The van der Waals surface area contributed by atoms with Crippen molar-refractivity contribution in [1.29, 1.82) is 0 Å². The van der Waals surface area contributed by atoms with Gasteiger partial charge in [0, 0.05) is 13.2 Å². The third-order valence-electron chi connectivity index (χ3n) is 5.03. The molecule has 2 aromatic carbocycles. The van der Waals surface area contributed by atoms with Crippen LogP contribution in [0, 0.1) is 0 Å². The van der Waals surface area contributed by atoms with Gasteiger partial charge >= 0.3 is 0 Å². The van der Waals surface area contributed by atoms with Gasteiger partial charge in [-0.05, 0) is 30.2 Å². The molecule has 1 amide bonds. The van der Waals surface area contributed by atoms with Gasteiger partial charge in [-0.3, -0.25) is 9.48 Å². The molecular weight excluding hydrogens is 364 g/mol. The Balaban J connectivity index is 1.44. The molecule has 1 unspecified atom stereocenters. The normalized spacial score (nSPS) is 11.9. The van der Waals surface area contributed by atoms with Crippen LogP contribution in [0.15, 0.2) is 79.6 Å². The van der Waals surface area contributed by atoms with E-state index in [1.165, 1.54) is 6.33 Å². The number of rotatable bonds is 6. The minimum Gasteiger partial charge on any atom is -0.335 e. The van der Waals surface area contributed by atoms with Crippen molar-refractivity contribution in [1.82, 2.24) is 29.4 Å². The zero-order valence-corrected chi connectivity index (χ0v) is 16.4. The highest BCUT2D eigenvalue weighted by Gasteiger charge is 2.20. The van der Waals surface area contributed by atoms with Gasteiger partial charge in [-0.1, -0.05) is 42.5 Å². The van der Waals surface area contributed by atoms with E-state index in [0.29, 0.717) is 12.1 Å². The average molecular weight is 386 g/mol. The van der Waals surface area contributed by atoms with Gasteiger partial charge in [0.15, 0.2) is 0 Å². The second-order valence-electron chi connectivity index (χ2n) is 6.94. The molecule has 0 aliphatic heterocycles. The van der Waals surface area contributed by atoms with Crippen molar-refractivity contribution in [2.24, 2.45) is 0 Å². The Morgan fingerprint density at radius 2 is 1.83 bits per heavy atom. The van der Waals surface area contributed by atoms with Gasteiger partial charge in [-0.25, -0.2) is 9.67 Å². The Hall–Kier alpha value is -3.74. The summed E-state index contributed by atoms with van der Waals surface area (Å²) < 4.78 is 3.48. The molecule has 0 aliphatic rings. The smallest absolute Gasteiger partial charge is 0.257 e. The summed E-state index contributed by atoms with van der Waals surface area (Å²) in [5.41, 5.74) is 3.69. The van der Waals surface area contributed by atoms with E-state index in [1.807, 2.05) is 68.6 Å². The standard InChI is InChI=1S/C22H22N6O/c1-17(19-8-10-21(11-9-19)28-16-23-15-25-28)26(2)22(29)20-12-24-27(14-20)13-18-6-4-3-5-7-18/h3-12,14-17H,13H2,1-2H3. The van der Waals surface area contributed by atoms with Crippen molar-refractivity contribution in [3.63, 3.8) is 0 Å². The predicted molar refractivity (Wildman–Crippen MR) is 110 cm³/mol. The number of hydrogen-bond donors (Lipinski definition) is 0. The van der Waals surface area contributed by atoms with Crippen LogP contribution in [0.4, 0.5) is 0 Å². The fourth-order valence-electron chi connectivity index (χ4n) is 3.18. The molecule has 0 saturated carbocycles. The number of carbonyl (C=O) groups excluding carboxylic acids is 1. The molecule has 146 valence electrons. The van der Waals surface area contributed by atoms with E-state index in [1.54, 1.807) is 33.0 Å². The molecule has 0 N–H and O–H groups in total. The summed E-state index contributed by atoms with van der Waals surface area (Å²) in [6.07, 6.45) is 6.58. The second kappa shape index (κ2) is 8.10. The lowest BCUT2D eigenvalue weighted by Gasteiger charge is -2.25. The van der Waals surface area contributed by atoms with Crippen molar-refractivity contribution in [2.45, 2.75) is 19.5 Å². The van der Waals surface area contributed by atoms with Crippen LogP contribution in [0.2, 0.25) is 0 Å². The number of aromatic nitrogens is 5. The molecular formula is C22H22N6O. The zero-order chi connectivity index (χ0) is 20.2. The summed E-state index contributed by atoms with van der Waals surface area (Å²) in [4.78, 5) is 18.6. The summed E-state index contributed by atoms with van der Waals surface area (Å²) in [7, 11) is 1.81. The first kappa shape index (κ1) is 18.6. The zero-order valence-electron chi connectivity index (χ0n) is 16.4. The maximum absolute atomic E-state index is 12.9. The third-order valence-corrected chi connectivity index (χ3v) is 5.03. The number of carbonyl (C=O) groups is 1. The first-order chi connectivity index (χ1) is 14.1. The Bertz CT molecular complexity index is 1070. The van der Waals surface area contributed by atoms with Crippen LogP contribution in [0.5, 0.6) is 0 Å². The van der Waals surface area contributed by atoms with E-state index < -0.39 is 0 Å². The molecule has 1 atom stereocenters. The molecule has 7 heteroatoms. The van der Waals surface area contributed by atoms with Crippen LogP contribution in [-0.2, 0) is 6.54 Å². The van der Waals surface area contributed by atoms with Gasteiger partial charge in [0.2, 0.25) is 0 Å². The minimum absolute atomic E-state index is 0.0582. The van der Waals surface area contributed by atoms with E-state index in [-0.39, 0.29) is 11.9 Å². The molecule has 0 fully saturated rings. The van der Waals surface area contributed by atoms with Crippen LogP contribution in [-0.4, -0.2) is 42.4 Å². The number of hydrogen-bond acceptors (Lipinski definition) is 4. The molecule has 0 radical (unpaired) electrons. The molecule has 7 nitrogen and oxygen atoms in total. The summed E-state index contributed by atoms with van der Waals surface area (Å²) in [6, 6.07) is 17.9. The van der Waals surface area contributed by atoms with Crippen LogP contribution in [0.3, 0.4) is 0 Å². The van der Waals surface area contributed by atoms with Gasteiger partial charge < -0.3 is 4.90 Å². The van der Waals surface area contributed by atoms with E-state index in [4.69, 9.17) is 0 Å². The molecule has 2 heterocycles. The van der Waals surface area contributed by atoms with Gasteiger partial charge in [0.05, 0.1) is 30.0 Å². The number of nitrogens with zero attached hydrogens (tertiary/aromatic N) is 6. The van der Waals surface area contributed by atoms with Crippen LogP contribution < -0.4 is 0 Å². The highest BCUT2D eigenvalue weighted by Crippen LogP contribution is 2.22. The van der Waals surface area contributed by atoms with Crippen molar-refractivity contribution < 1.29 is 4.79 Å². The van der Waals surface area contributed by atoms with Crippen molar-refractivity contribution in [3.8, 4) is 5.69 Å². The maximum Gasteiger partial charge on any atom is 0.257 e. The Morgan fingerprint density at radius 1 is 1.07 bits per heavy atom. The molecule has 2 aromatic heterocycles. The average Bonchev–Trinajstić information content (AvgIpc) is 3.45. The fraction of sp³-hybridized carbons (Fsp3) is 0.182. The van der Waals surface area contributed by atoms with Gasteiger partial charge in [0.1, 0.15) is 12.7 Å². The van der Waals surface area contributed by atoms with E-state index >= 15 is 0 Å². The first-order valence-electron chi connectivity index (χ1n) is 9.40.